The number of carbonyl (C=O) groups is 1. The first kappa shape index (κ1) is 34.1. The highest BCUT2D eigenvalue weighted by Crippen LogP contribution is 2.14. The summed E-state index contributed by atoms with van der Waals surface area (Å²) in [7, 11) is 1.86. The summed E-state index contributed by atoms with van der Waals surface area (Å²) in [6, 6.07) is 18.0. The van der Waals surface area contributed by atoms with E-state index in [9.17, 15) is 4.79 Å². The first-order valence-corrected chi connectivity index (χ1v) is 13.0. The molecule has 0 saturated heterocycles. The molecule has 0 amide bonds. The molecular formula is C32H44N4O2. The molecule has 6 nitrogen and oxygen atoms in total. The maximum atomic E-state index is 10.5. The van der Waals surface area contributed by atoms with E-state index in [1.807, 2.05) is 99.6 Å². The Morgan fingerprint density at radius 2 is 1.71 bits per heavy atom. The average Bonchev–Trinajstić information content (AvgIpc) is 2.97. The number of carbonyl (C=O) groups excluding carboxylic acids is 1. The van der Waals surface area contributed by atoms with Crippen LogP contribution in [0, 0.1) is 17.7 Å². The molecule has 3 aromatic rings. The second-order valence-corrected chi connectivity index (χ2v) is 8.06. The van der Waals surface area contributed by atoms with Crippen LogP contribution >= 0.6 is 0 Å². The number of allylic oxidation sites excluding steroid dienone is 3. The van der Waals surface area contributed by atoms with Crippen LogP contribution in [-0.4, -0.2) is 53.5 Å². The van der Waals surface area contributed by atoms with E-state index in [0.717, 1.165) is 42.2 Å². The van der Waals surface area contributed by atoms with E-state index in [2.05, 4.69) is 24.1 Å². The van der Waals surface area contributed by atoms with Gasteiger partial charge in [0.25, 0.3) is 0 Å². The minimum absolute atomic E-state index is 0.205. The van der Waals surface area contributed by atoms with Crippen molar-refractivity contribution in [3.8, 4) is 0 Å². The molecule has 1 atom stereocenters. The summed E-state index contributed by atoms with van der Waals surface area (Å²) in [5.74, 6) is 0. The van der Waals surface area contributed by atoms with E-state index in [0.29, 0.717) is 6.04 Å². The van der Waals surface area contributed by atoms with Gasteiger partial charge >= 0.3 is 0 Å². The molecule has 0 radical (unpaired) electrons. The third-order valence-electron chi connectivity index (χ3n) is 5.36. The molecule has 0 aliphatic heterocycles. The monoisotopic (exact) mass is 516 g/mol. The Labute approximate surface area is 228 Å². The van der Waals surface area contributed by atoms with Gasteiger partial charge in [-0.1, -0.05) is 75.4 Å². The van der Waals surface area contributed by atoms with Gasteiger partial charge in [-0.2, -0.15) is 0 Å². The average molecular weight is 517 g/mol. The number of benzene rings is 2. The highest BCUT2D eigenvalue weighted by molar-refractivity contribution is 5.88. The van der Waals surface area contributed by atoms with Crippen LogP contribution in [0.1, 0.15) is 61.6 Å². The zero-order chi connectivity index (χ0) is 28.6. The van der Waals surface area contributed by atoms with Crippen LogP contribution in [-0.2, 0) is 0 Å². The standard InChI is InChI=1S/C12H14N2.C11H8O.C7H16N2O.C2H6/c1-11-10-12(7-9-14-11)6-4-2-3-5-8-13;12-8-9-5-6-10-3-1-2-4-11(10)7-9;1-3-7(4-5-10)9(2)6-8;1-2/h3-10,13H,2H2,1H3;1-8H;6-8,10H,3-5H2,1-2H3;1-2H3/b5-3?,6-4+,13-8?;;;. The van der Waals surface area contributed by atoms with Crippen LogP contribution in [0.2, 0.25) is 0 Å². The number of aromatic nitrogens is 1. The maximum absolute atomic E-state index is 10.5. The summed E-state index contributed by atoms with van der Waals surface area (Å²) >= 11 is 0. The van der Waals surface area contributed by atoms with Crippen LogP contribution in [0.25, 0.3) is 16.8 Å². The summed E-state index contributed by atoms with van der Waals surface area (Å²) < 4.78 is 0. The molecule has 3 rings (SSSR count). The molecule has 204 valence electrons. The zero-order valence-corrected chi connectivity index (χ0v) is 23.5. The van der Waals surface area contributed by atoms with Gasteiger partial charge in [-0.25, -0.2) is 0 Å². The fourth-order valence-electron chi connectivity index (χ4n) is 3.33. The van der Waals surface area contributed by atoms with Gasteiger partial charge in [0, 0.05) is 43.4 Å². The van der Waals surface area contributed by atoms with E-state index in [1.54, 1.807) is 6.08 Å². The number of fused-ring (bicyclic) bond motifs is 1. The first-order chi connectivity index (χ1) is 18.5. The number of aliphatic hydroxyl groups excluding tert-OH is 1. The van der Waals surface area contributed by atoms with Crippen molar-refractivity contribution in [2.24, 2.45) is 0 Å². The van der Waals surface area contributed by atoms with Gasteiger partial charge in [0.2, 0.25) is 0 Å². The molecule has 0 fully saturated rings. The van der Waals surface area contributed by atoms with Crippen LogP contribution < -0.4 is 0 Å². The third kappa shape index (κ3) is 14.6. The van der Waals surface area contributed by atoms with Crippen molar-refractivity contribution in [3.05, 3.63) is 95.8 Å². The molecule has 6 heteroatoms. The number of hydrogen-bond donors (Lipinski definition) is 3. The van der Waals surface area contributed by atoms with E-state index >= 15 is 0 Å². The van der Waals surface area contributed by atoms with Gasteiger partial charge in [0.05, 0.1) is 6.34 Å². The molecule has 2 aromatic carbocycles. The second kappa shape index (κ2) is 22.3. The fraction of sp³-hybridized carbons (Fsp3) is 0.312. The molecule has 0 aliphatic carbocycles. The van der Waals surface area contributed by atoms with E-state index < -0.39 is 0 Å². The number of aliphatic hydroxyl groups is 1. The molecule has 0 saturated carbocycles. The van der Waals surface area contributed by atoms with Crippen LogP contribution in [0.4, 0.5) is 0 Å². The Bertz CT molecular complexity index is 1130. The highest BCUT2D eigenvalue weighted by Gasteiger charge is 2.07. The van der Waals surface area contributed by atoms with Crippen LogP contribution in [0.3, 0.4) is 0 Å². The minimum atomic E-state index is 0.205. The number of rotatable bonds is 10. The highest BCUT2D eigenvalue weighted by atomic mass is 16.3. The van der Waals surface area contributed by atoms with Crippen LogP contribution in [0.5, 0.6) is 0 Å². The van der Waals surface area contributed by atoms with Crippen molar-refractivity contribution in [3.63, 3.8) is 0 Å². The second-order valence-electron chi connectivity index (χ2n) is 8.06. The Morgan fingerprint density at radius 1 is 1.00 bits per heavy atom. The lowest BCUT2D eigenvalue weighted by Gasteiger charge is -2.23. The summed E-state index contributed by atoms with van der Waals surface area (Å²) in [5.41, 5.74) is 2.93. The number of nitrogens with one attached hydrogen (secondary N) is 2. The first-order valence-electron chi connectivity index (χ1n) is 13.0. The molecule has 0 aliphatic rings. The van der Waals surface area contributed by atoms with Crippen molar-refractivity contribution in [2.45, 2.75) is 53.0 Å². The summed E-state index contributed by atoms with van der Waals surface area (Å²) in [6.07, 6.45) is 15.6. The van der Waals surface area contributed by atoms with Gasteiger partial charge in [0.1, 0.15) is 6.29 Å². The quantitative estimate of drug-likeness (QED) is 0.149. The van der Waals surface area contributed by atoms with Gasteiger partial charge in [0.15, 0.2) is 0 Å². The number of aldehydes is 1. The SMILES string of the molecule is CC.CCC(CCO)N(C)C=N.Cc1cc(/C=C/CC=CC=N)ccn1.O=Cc1ccc2ccccc2c1. The third-order valence-corrected chi connectivity index (χ3v) is 5.36. The molecule has 0 bridgehead atoms. The molecule has 1 aromatic heterocycles. The Kier molecular flexibility index (Phi) is 20.0. The largest absolute Gasteiger partial charge is 0.396 e. The molecule has 38 heavy (non-hydrogen) atoms. The Morgan fingerprint density at radius 3 is 2.29 bits per heavy atom. The van der Waals surface area contributed by atoms with Gasteiger partial charge < -0.3 is 15.4 Å². The predicted molar refractivity (Wildman–Crippen MR) is 164 cm³/mol. The van der Waals surface area contributed by atoms with Crippen molar-refractivity contribution >= 4 is 35.7 Å². The molecule has 3 N–H and O–H groups in total. The zero-order valence-electron chi connectivity index (χ0n) is 23.5. The smallest absolute Gasteiger partial charge is 0.150 e. The van der Waals surface area contributed by atoms with Crippen molar-refractivity contribution in [1.82, 2.24) is 9.88 Å². The van der Waals surface area contributed by atoms with E-state index in [4.69, 9.17) is 15.9 Å². The number of nitrogens with zero attached hydrogens (tertiary/aromatic N) is 2. The van der Waals surface area contributed by atoms with Crippen molar-refractivity contribution in [2.75, 3.05) is 13.7 Å². The van der Waals surface area contributed by atoms with Crippen molar-refractivity contribution < 1.29 is 9.90 Å². The summed E-state index contributed by atoms with van der Waals surface area (Å²) in [5, 5.41) is 24.6. The van der Waals surface area contributed by atoms with Gasteiger partial charge in [-0.3, -0.25) is 15.2 Å². The molecule has 1 heterocycles. The molecule has 0 spiro atoms. The topological polar surface area (TPSA) is 101 Å². The van der Waals surface area contributed by atoms with Crippen LogP contribution in [0.15, 0.2) is 79.0 Å². The van der Waals surface area contributed by atoms with E-state index in [1.165, 1.54) is 23.5 Å². The summed E-state index contributed by atoms with van der Waals surface area (Å²) in [4.78, 5) is 16.4. The van der Waals surface area contributed by atoms with E-state index in [-0.39, 0.29) is 6.61 Å². The number of aryl methyl sites for hydroxylation is 1. The van der Waals surface area contributed by atoms with Gasteiger partial charge in [-0.05, 0) is 66.8 Å². The van der Waals surface area contributed by atoms with Crippen molar-refractivity contribution in [1.29, 1.82) is 10.8 Å². The maximum Gasteiger partial charge on any atom is 0.150 e. The predicted octanol–water partition coefficient (Wildman–Crippen LogP) is 7.36. The lowest BCUT2D eigenvalue weighted by molar-refractivity contribution is 0.112. The lowest BCUT2D eigenvalue weighted by atomic mass is 10.1. The number of hydrogen-bond acceptors (Lipinski definition) is 5. The number of pyridine rings is 1. The Hall–Kier alpha value is -3.90. The van der Waals surface area contributed by atoms with Gasteiger partial charge in [-0.15, -0.1) is 0 Å². The lowest BCUT2D eigenvalue weighted by Crippen LogP contribution is -2.30. The fourth-order valence-corrected chi connectivity index (χ4v) is 3.33. The molecular weight excluding hydrogens is 472 g/mol. The minimum Gasteiger partial charge on any atom is -0.396 e. The Balaban J connectivity index is 0.000000530. The normalized spacial score (nSPS) is 10.8. The summed E-state index contributed by atoms with van der Waals surface area (Å²) in [6.45, 7) is 8.24. The molecule has 1 unspecified atom stereocenters.